The summed E-state index contributed by atoms with van der Waals surface area (Å²) in [6, 6.07) is 8.42. The Morgan fingerprint density at radius 3 is 2.68 bits per heavy atom. The molecule has 0 bridgehead atoms. The van der Waals surface area contributed by atoms with Crippen LogP contribution in [0.25, 0.3) is 0 Å². The van der Waals surface area contributed by atoms with Crippen molar-refractivity contribution in [3.8, 4) is 0 Å². The summed E-state index contributed by atoms with van der Waals surface area (Å²) in [5.74, 6) is 1.07. The maximum absolute atomic E-state index is 12.4. The highest BCUT2D eigenvalue weighted by Crippen LogP contribution is 2.31. The van der Waals surface area contributed by atoms with E-state index in [-0.39, 0.29) is 5.91 Å². The molecule has 0 spiro atoms. The lowest BCUT2D eigenvalue weighted by Gasteiger charge is -2.30. The van der Waals surface area contributed by atoms with Crippen LogP contribution < -0.4 is 0 Å². The molecule has 0 unspecified atom stereocenters. The van der Waals surface area contributed by atoms with E-state index in [1.807, 2.05) is 18.2 Å². The van der Waals surface area contributed by atoms with Gasteiger partial charge in [-0.25, -0.2) is 0 Å². The SMILES string of the molecule is C[C@@H](CC1CCCCC1)N1Cc2ccccc2C1=O. The van der Waals surface area contributed by atoms with Gasteiger partial charge in [-0.15, -0.1) is 0 Å². The van der Waals surface area contributed by atoms with Crippen LogP contribution in [-0.4, -0.2) is 16.8 Å². The van der Waals surface area contributed by atoms with Gasteiger partial charge in [0.1, 0.15) is 0 Å². The van der Waals surface area contributed by atoms with Crippen LogP contribution in [0.4, 0.5) is 0 Å². The molecule has 1 fully saturated rings. The molecule has 19 heavy (non-hydrogen) atoms. The van der Waals surface area contributed by atoms with Gasteiger partial charge < -0.3 is 4.90 Å². The summed E-state index contributed by atoms with van der Waals surface area (Å²) in [6.07, 6.45) is 8.06. The average Bonchev–Trinajstić information content (AvgIpc) is 2.78. The molecule has 1 aliphatic carbocycles. The Kier molecular flexibility index (Phi) is 3.58. The van der Waals surface area contributed by atoms with Crippen molar-refractivity contribution in [1.82, 2.24) is 4.90 Å². The number of rotatable bonds is 3. The number of fused-ring (bicyclic) bond motifs is 1. The number of carbonyl (C=O) groups is 1. The predicted octanol–water partition coefficient (Wildman–Crippen LogP) is 4.00. The molecule has 2 heteroatoms. The Morgan fingerprint density at radius 1 is 1.21 bits per heavy atom. The molecular weight excluding hydrogens is 234 g/mol. The molecule has 1 aromatic carbocycles. The molecule has 3 rings (SSSR count). The van der Waals surface area contributed by atoms with Crippen molar-refractivity contribution in [2.45, 2.75) is 58.0 Å². The second-order valence-corrected chi connectivity index (χ2v) is 6.18. The number of hydrogen-bond acceptors (Lipinski definition) is 1. The van der Waals surface area contributed by atoms with Gasteiger partial charge in [0.2, 0.25) is 0 Å². The fourth-order valence-corrected chi connectivity index (χ4v) is 3.67. The molecule has 0 radical (unpaired) electrons. The van der Waals surface area contributed by atoms with Crippen LogP contribution >= 0.6 is 0 Å². The fraction of sp³-hybridized carbons (Fsp3) is 0.588. The topological polar surface area (TPSA) is 20.3 Å². The lowest BCUT2D eigenvalue weighted by Crippen LogP contribution is -2.35. The minimum atomic E-state index is 0.235. The summed E-state index contributed by atoms with van der Waals surface area (Å²) in [6.45, 7) is 3.03. The standard InChI is InChI=1S/C17H23NO/c1-13(11-14-7-3-2-4-8-14)18-12-15-9-5-6-10-16(15)17(18)19/h5-6,9-10,13-14H,2-4,7-8,11-12H2,1H3/t13-/m0/s1. The first-order valence-electron chi connectivity index (χ1n) is 7.64. The van der Waals surface area contributed by atoms with Crippen LogP contribution in [0.15, 0.2) is 24.3 Å². The third-order valence-corrected chi connectivity index (χ3v) is 4.78. The van der Waals surface area contributed by atoms with Crippen LogP contribution in [0.1, 0.15) is 61.4 Å². The van der Waals surface area contributed by atoms with Crippen molar-refractivity contribution in [1.29, 1.82) is 0 Å². The van der Waals surface area contributed by atoms with E-state index >= 15 is 0 Å². The van der Waals surface area contributed by atoms with Gasteiger partial charge in [-0.2, -0.15) is 0 Å². The van der Waals surface area contributed by atoms with Crippen LogP contribution in [0.5, 0.6) is 0 Å². The summed E-state index contributed by atoms with van der Waals surface area (Å²) in [5.41, 5.74) is 2.11. The zero-order chi connectivity index (χ0) is 13.2. The Hall–Kier alpha value is -1.31. The zero-order valence-electron chi connectivity index (χ0n) is 11.8. The molecule has 102 valence electrons. The molecule has 1 saturated carbocycles. The average molecular weight is 257 g/mol. The van der Waals surface area contributed by atoms with Gasteiger partial charge in [0.25, 0.3) is 5.91 Å². The molecule has 0 N–H and O–H groups in total. The summed E-state index contributed by atoms with van der Waals surface area (Å²) < 4.78 is 0. The Labute approximate surface area is 115 Å². The van der Waals surface area contributed by atoms with E-state index in [1.165, 1.54) is 44.1 Å². The quantitative estimate of drug-likeness (QED) is 0.801. The van der Waals surface area contributed by atoms with Gasteiger partial charge in [-0.05, 0) is 30.9 Å². The summed E-state index contributed by atoms with van der Waals surface area (Å²) in [4.78, 5) is 14.5. The fourth-order valence-electron chi connectivity index (χ4n) is 3.67. The summed E-state index contributed by atoms with van der Waals surface area (Å²) in [7, 11) is 0. The van der Waals surface area contributed by atoms with Crippen molar-refractivity contribution in [3.05, 3.63) is 35.4 Å². The number of carbonyl (C=O) groups excluding carboxylic acids is 1. The van der Waals surface area contributed by atoms with Crippen molar-refractivity contribution in [2.24, 2.45) is 5.92 Å². The molecule has 1 aromatic rings. The van der Waals surface area contributed by atoms with Crippen LogP contribution in [-0.2, 0) is 6.54 Å². The third kappa shape index (κ3) is 2.54. The monoisotopic (exact) mass is 257 g/mol. The van der Waals surface area contributed by atoms with Gasteiger partial charge in [0.15, 0.2) is 0 Å². The highest BCUT2D eigenvalue weighted by atomic mass is 16.2. The second kappa shape index (κ2) is 5.36. The molecule has 2 nitrogen and oxygen atoms in total. The molecule has 1 heterocycles. The molecule has 0 aromatic heterocycles. The van der Waals surface area contributed by atoms with Gasteiger partial charge >= 0.3 is 0 Å². The third-order valence-electron chi connectivity index (χ3n) is 4.78. The van der Waals surface area contributed by atoms with E-state index in [9.17, 15) is 4.79 Å². The van der Waals surface area contributed by atoms with Gasteiger partial charge in [-0.1, -0.05) is 50.3 Å². The number of amides is 1. The van der Waals surface area contributed by atoms with Gasteiger partial charge in [0, 0.05) is 18.2 Å². The summed E-state index contributed by atoms with van der Waals surface area (Å²) in [5, 5.41) is 0. The van der Waals surface area contributed by atoms with Crippen molar-refractivity contribution < 1.29 is 4.79 Å². The molecule has 0 saturated heterocycles. The van der Waals surface area contributed by atoms with E-state index in [4.69, 9.17) is 0 Å². The molecule has 1 amide bonds. The van der Waals surface area contributed by atoms with E-state index in [0.29, 0.717) is 6.04 Å². The number of nitrogens with zero attached hydrogens (tertiary/aromatic N) is 1. The molecule has 1 aliphatic heterocycles. The number of hydrogen-bond donors (Lipinski definition) is 0. The van der Waals surface area contributed by atoms with Crippen molar-refractivity contribution in [2.75, 3.05) is 0 Å². The lowest BCUT2D eigenvalue weighted by atomic mass is 9.85. The molecular formula is C17H23NO. The minimum absolute atomic E-state index is 0.235. The van der Waals surface area contributed by atoms with Gasteiger partial charge in [-0.3, -0.25) is 4.79 Å². The maximum Gasteiger partial charge on any atom is 0.254 e. The van der Waals surface area contributed by atoms with Crippen molar-refractivity contribution >= 4 is 5.91 Å². The first-order valence-corrected chi connectivity index (χ1v) is 7.64. The Morgan fingerprint density at radius 2 is 1.95 bits per heavy atom. The normalized spacial score (nSPS) is 21.5. The first-order chi connectivity index (χ1) is 9.25. The smallest absolute Gasteiger partial charge is 0.254 e. The largest absolute Gasteiger partial charge is 0.332 e. The van der Waals surface area contributed by atoms with Gasteiger partial charge in [0.05, 0.1) is 0 Å². The van der Waals surface area contributed by atoms with E-state index in [2.05, 4.69) is 17.9 Å². The van der Waals surface area contributed by atoms with Crippen LogP contribution in [0.3, 0.4) is 0 Å². The minimum Gasteiger partial charge on any atom is -0.332 e. The van der Waals surface area contributed by atoms with Crippen molar-refractivity contribution in [3.63, 3.8) is 0 Å². The second-order valence-electron chi connectivity index (χ2n) is 6.18. The maximum atomic E-state index is 12.4. The van der Waals surface area contributed by atoms with Crippen LogP contribution in [0, 0.1) is 5.92 Å². The lowest BCUT2D eigenvalue weighted by molar-refractivity contribution is 0.0685. The molecule has 2 aliphatic rings. The predicted molar refractivity (Wildman–Crippen MR) is 77.0 cm³/mol. The first kappa shape index (κ1) is 12.7. The Balaban J connectivity index is 1.65. The molecule has 1 atom stereocenters. The van der Waals surface area contributed by atoms with E-state index in [0.717, 1.165) is 18.0 Å². The van der Waals surface area contributed by atoms with E-state index in [1.54, 1.807) is 0 Å². The summed E-state index contributed by atoms with van der Waals surface area (Å²) >= 11 is 0. The number of benzene rings is 1. The zero-order valence-corrected chi connectivity index (χ0v) is 11.8. The van der Waals surface area contributed by atoms with E-state index < -0.39 is 0 Å². The highest BCUT2D eigenvalue weighted by molar-refractivity contribution is 5.98. The Bertz CT molecular complexity index is 462. The van der Waals surface area contributed by atoms with Crippen LogP contribution in [0.2, 0.25) is 0 Å². The highest BCUT2D eigenvalue weighted by Gasteiger charge is 2.31.